The summed E-state index contributed by atoms with van der Waals surface area (Å²) in [5.74, 6) is 0.841. The van der Waals surface area contributed by atoms with Gasteiger partial charge >= 0.3 is 0 Å². The van der Waals surface area contributed by atoms with Gasteiger partial charge in [-0.2, -0.15) is 5.26 Å². The lowest BCUT2D eigenvalue weighted by Crippen LogP contribution is -2.42. The van der Waals surface area contributed by atoms with Crippen LogP contribution in [-0.2, 0) is 11.2 Å². The van der Waals surface area contributed by atoms with Crippen LogP contribution in [0.4, 0.5) is 5.69 Å². The van der Waals surface area contributed by atoms with E-state index in [-0.39, 0.29) is 5.91 Å². The van der Waals surface area contributed by atoms with Gasteiger partial charge in [0.1, 0.15) is 11.3 Å². The van der Waals surface area contributed by atoms with Gasteiger partial charge in [0, 0.05) is 18.5 Å². The monoisotopic (exact) mass is 287 g/mol. The standard InChI is InChI=1S/C16H21N3O2/c1-3-18-16(2,11-17)8-9-21-13-5-6-14-12(10-13)4-7-15(20)19-14/h5-6,10,18H,3-4,7-9H2,1-2H3,(H,19,20). The number of ether oxygens (including phenoxy) is 1. The minimum atomic E-state index is -0.559. The Balaban J connectivity index is 1.93. The van der Waals surface area contributed by atoms with E-state index >= 15 is 0 Å². The van der Waals surface area contributed by atoms with Crippen LogP contribution in [0.25, 0.3) is 0 Å². The number of amides is 1. The highest BCUT2D eigenvalue weighted by atomic mass is 16.5. The SMILES string of the molecule is CCNC(C)(C#N)CCOc1ccc2c(c1)CCC(=O)N2. The Hall–Kier alpha value is -2.06. The van der Waals surface area contributed by atoms with Gasteiger partial charge in [0.25, 0.3) is 0 Å². The van der Waals surface area contributed by atoms with Gasteiger partial charge in [0.15, 0.2) is 0 Å². The van der Waals surface area contributed by atoms with Gasteiger partial charge in [-0.05, 0) is 43.7 Å². The topological polar surface area (TPSA) is 74.1 Å². The maximum Gasteiger partial charge on any atom is 0.224 e. The lowest BCUT2D eigenvalue weighted by Gasteiger charge is -2.23. The highest BCUT2D eigenvalue weighted by Gasteiger charge is 2.22. The van der Waals surface area contributed by atoms with Crippen molar-refractivity contribution in [1.82, 2.24) is 5.32 Å². The first-order valence-corrected chi connectivity index (χ1v) is 7.28. The average Bonchev–Trinajstić information content (AvgIpc) is 2.47. The van der Waals surface area contributed by atoms with Gasteiger partial charge in [0.05, 0.1) is 12.7 Å². The summed E-state index contributed by atoms with van der Waals surface area (Å²) < 4.78 is 5.74. The number of nitriles is 1. The highest BCUT2D eigenvalue weighted by Crippen LogP contribution is 2.27. The smallest absolute Gasteiger partial charge is 0.224 e. The number of nitrogens with one attached hydrogen (secondary N) is 2. The van der Waals surface area contributed by atoms with E-state index < -0.39 is 5.54 Å². The molecule has 1 aromatic carbocycles. The van der Waals surface area contributed by atoms with Crippen LogP contribution < -0.4 is 15.4 Å². The first-order valence-electron chi connectivity index (χ1n) is 7.28. The normalized spacial score (nSPS) is 16.3. The zero-order chi connectivity index (χ0) is 15.3. The molecular weight excluding hydrogens is 266 g/mol. The van der Waals surface area contributed by atoms with Crippen LogP contribution in [-0.4, -0.2) is 24.6 Å². The summed E-state index contributed by atoms with van der Waals surface area (Å²) >= 11 is 0. The molecule has 1 heterocycles. The zero-order valence-corrected chi connectivity index (χ0v) is 12.5. The number of benzene rings is 1. The van der Waals surface area contributed by atoms with Crippen molar-refractivity contribution in [1.29, 1.82) is 5.26 Å². The largest absolute Gasteiger partial charge is 0.493 e. The van der Waals surface area contributed by atoms with Crippen LogP contribution in [0.15, 0.2) is 18.2 Å². The van der Waals surface area contributed by atoms with Crippen LogP contribution in [0.2, 0.25) is 0 Å². The first kappa shape index (κ1) is 15.3. The summed E-state index contributed by atoms with van der Waals surface area (Å²) in [5, 5.41) is 15.2. The molecule has 1 aliphatic rings. The van der Waals surface area contributed by atoms with Crippen molar-refractivity contribution in [2.75, 3.05) is 18.5 Å². The van der Waals surface area contributed by atoms with E-state index in [0.717, 1.165) is 30.0 Å². The van der Waals surface area contributed by atoms with Gasteiger partial charge in [0.2, 0.25) is 5.91 Å². The van der Waals surface area contributed by atoms with Gasteiger partial charge in [-0.1, -0.05) is 6.92 Å². The number of hydrogen-bond acceptors (Lipinski definition) is 4. The molecule has 1 aliphatic heterocycles. The van der Waals surface area contributed by atoms with Crippen molar-refractivity contribution >= 4 is 11.6 Å². The molecule has 2 rings (SSSR count). The third kappa shape index (κ3) is 3.96. The van der Waals surface area contributed by atoms with Gasteiger partial charge in [-0.15, -0.1) is 0 Å². The van der Waals surface area contributed by atoms with E-state index in [0.29, 0.717) is 19.4 Å². The fourth-order valence-electron chi connectivity index (χ4n) is 2.40. The van der Waals surface area contributed by atoms with Crippen LogP contribution in [0, 0.1) is 11.3 Å². The number of fused-ring (bicyclic) bond motifs is 1. The molecule has 0 fully saturated rings. The van der Waals surface area contributed by atoms with Crippen molar-refractivity contribution in [2.24, 2.45) is 0 Å². The molecule has 0 aromatic heterocycles. The van der Waals surface area contributed by atoms with Crippen LogP contribution in [0.1, 0.15) is 32.3 Å². The van der Waals surface area contributed by atoms with Crippen molar-refractivity contribution < 1.29 is 9.53 Å². The minimum absolute atomic E-state index is 0.0617. The summed E-state index contributed by atoms with van der Waals surface area (Å²) in [7, 11) is 0. The number of rotatable bonds is 6. The first-order chi connectivity index (χ1) is 10.1. The van der Waals surface area contributed by atoms with Crippen molar-refractivity contribution in [3.8, 4) is 11.8 Å². The summed E-state index contributed by atoms with van der Waals surface area (Å²) in [5.41, 5.74) is 1.41. The Morgan fingerprint density at radius 2 is 2.29 bits per heavy atom. The molecule has 1 amide bonds. The molecule has 0 aliphatic carbocycles. The van der Waals surface area contributed by atoms with Crippen LogP contribution in [0.5, 0.6) is 5.75 Å². The number of aryl methyl sites for hydroxylation is 1. The third-order valence-electron chi connectivity index (χ3n) is 3.66. The molecule has 1 atom stereocenters. The van der Waals surface area contributed by atoms with Crippen molar-refractivity contribution in [2.45, 2.75) is 38.6 Å². The number of carbonyl (C=O) groups excluding carboxylic acids is 1. The lowest BCUT2D eigenvalue weighted by atomic mass is 10.0. The Labute approximate surface area is 125 Å². The molecule has 1 unspecified atom stereocenters. The number of carbonyl (C=O) groups is 1. The summed E-state index contributed by atoms with van der Waals surface area (Å²) in [6, 6.07) is 7.97. The van der Waals surface area contributed by atoms with Gasteiger partial charge in [-0.3, -0.25) is 10.1 Å². The molecule has 1 aromatic rings. The molecule has 0 bridgehead atoms. The van der Waals surface area contributed by atoms with E-state index in [1.54, 1.807) is 0 Å². The van der Waals surface area contributed by atoms with E-state index in [1.807, 2.05) is 32.0 Å². The van der Waals surface area contributed by atoms with E-state index in [9.17, 15) is 10.1 Å². The molecule has 0 radical (unpaired) electrons. The average molecular weight is 287 g/mol. The van der Waals surface area contributed by atoms with Crippen LogP contribution in [0.3, 0.4) is 0 Å². The van der Waals surface area contributed by atoms with Gasteiger partial charge < -0.3 is 10.1 Å². The predicted molar refractivity (Wildman–Crippen MR) is 81.2 cm³/mol. The molecule has 2 N–H and O–H groups in total. The quantitative estimate of drug-likeness (QED) is 0.841. The Kier molecular flexibility index (Phi) is 4.81. The van der Waals surface area contributed by atoms with Crippen molar-refractivity contribution in [3.63, 3.8) is 0 Å². The number of nitrogens with zero attached hydrogens (tertiary/aromatic N) is 1. The predicted octanol–water partition coefficient (Wildman–Crippen LogP) is 2.23. The second kappa shape index (κ2) is 6.59. The summed E-state index contributed by atoms with van der Waals surface area (Å²) in [6.07, 6.45) is 1.88. The molecule has 0 saturated heterocycles. The fraction of sp³-hybridized carbons (Fsp3) is 0.500. The zero-order valence-electron chi connectivity index (χ0n) is 12.5. The summed E-state index contributed by atoms with van der Waals surface area (Å²) in [4.78, 5) is 11.3. The van der Waals surface area contributed by atoms with E-state index in [1.165, 1.54) is 0 Å². The maximum absolute atomic E-state index is 11.3. The van der Waals surface area contributed by atoms with Crippen LogP contribution >= 0.6 is 0 Å². The second-order valence-electron chi connectivity index (χ2n) is 5.44. The maximum atomic E-state index is 11.3. The molecule has 5 nitrogen and oxygen atoms in total. The van der Waals surface area contributed by atoms with E-state index in [4.69, 9.17) is 4.74 Å². The number of anilines is 1. The Morgan fingerprint density at radius 3 is 3.00 bits per heavy atom. The molecule has 5 heteroatoms. The summed E-state index contributed by atoms with van der Waals surface area (Å²) in [6.45, 7) is 5.08. The lowest BCUT2D eigenvalue weighted by molar-refractivity contribution is -0.116. The molecule has 21 heavy (non-hydrogen) atoms. The highest BCUT2D eigenvalue weighted by molar-refractivity contribution is 5.93. The molecule has 112 valence electrons. The van der Waals surface area contributed by atoms with Crippen molar-refractivity contribution in [3.05, 3.63) is 23.8 Å². The third-order valence-corrected chi connectivity index (χ3v) is 3.66. The van der Waals surface area contributed by atoms with Gasteiger partial charge in [-0.25, -0.2) is 0 Å². The Morgan fingerprint density at radius 1 is 1.48 bits per heavy atom. The minimum Gasteiger partial charge on any atom is -0.493 e. The molecule has 0 saturated carbocycles. The second-order valence-corrected chi connectivity index (χ2v) is 5.44. The number of hydrogen-bond donors (Lipinski definition) is 2. The Bertz CT molecular complexity index is 565. The molecule has 0 spiro atoms. The fourth-order valence-corrected chi connectivity index (χ4v) is 2.40. The molecular formula is C16H21N3O2. The van der Waals surface area contributed by atoms with E-state index in [2.05, 4.69) is 16.7 Å².